The second kappa shape index (κ2) is 7.45. The number of aryl methyl sites for hydroxylation is 1. The Morgan fingerprint density at radius 2 is 2.04 bits per heavy atom. The third-order valence-corrected chi connectivity index (χ3v) is 6.45. The molecule has 0 bridgehead atoms. The van der Waals surface area contributed by atoms with E-state index in [0.717, 1.165) is 11.3 Å². The molecule has 3 rings (SSSR count). The van der Waals surface area contributed by atoms with E-state index in [4.69, 9.17) is 0 Å². The Bertz CT molecular complexity index is 895. The van der Waals surface area contributed by atoms with Gasteiger partial charge < -0.3 is 10.2 Å². The van der Waals surface area contributed by atoms with Gasteiger partial charge in [-0.1, -0.05) is 18.2 Å². The lowest BCUT2D eigenvalue weighted by Gasteiger charge is -2.28. The summed E-state index contributed by atoms with van der Waals surface area (Å²) in [5.74, 6) is 0.702. The van der Waals surface area contributed by atoms with E-state index >= 15 is 0 Å². The van der Waals surface area contributed by atoms with Crippen LogP contribution < -0.4 is 10.2 Å². The van der Waals surface area contributed by atoms with Crippen LogP contribution in [0.5, 0.6) is 0 Å². The number of carbonyl (C=O) groups is 1. The summed E-state index contributed by atoms with van der Waals surface area (Å²) in [4.78, 5) is 18.7. The minimum Gasteiger partial charge on any atom is -0.367 e. The van der Waals surface area contributed by atoms with Gasteiger partial charge in [0.1, 0.15) is 5.82 Å². The van der Waals surface area contributed by atoms with Crippen LogP contribution in [0.3, 0.4) is 0 Å². The van der Waals surface area contributed by atoms with Crippen molar-refractivity contribution in [1.29, 1.82) is 0 Å². The fourth-order valence-corrected chi connectivity index (χ4v) is 5.04. The van der Waals surface area contributed by atoms with Gasteiger partial charge in [0.25, 0.3) is 5.91 Å². The van der Waals surface area contributed by atoms with Crippen molar-refractivity contribution in [2.45, 2.75) is 26.3 Å². The first-order valence-corrected chi connectivity index (χ1v) is 10.5. The van der Waals surface area contributed by atoms with E-state index in [0.29, 0.717) is 24.3 Å². The Labute approximate surface area is 154 Å². The number of hydrogen-bond donors (Lipinski definition) is 1. The average Bonchev–Trinajstić information content (AvgIpc) is 2.97. The van der Waals surface area contributed by atoms with Gasteiger partial charge >= 0.3 is 0 Å². The van der Waals surface area contributed by atoms with Crippen molar-refractivity contribution >= 4 is 27.2 Å². The van der Waals surface area contributed by atoms with Crippen molar-refractivity contribution in [1.82, 2.24) is 4.98 Å². The molecule has 7 heteroatoms. The molecule has 1 amide bonds. The summed E-state index contributed by atoms with van der Waals surface area (Å²) in [6.07, 6.45) is 2.32. The molecule has 2 heterocycles. The molecule has 0 saturated carbocycles. The van der Waals surface area contributed by atoms with E-state index < -0.39 is 9.84 Å². The molecule has 1 aliphatic heterocycles. The predicted octanol–water partition coefficient (Wildman–Crippen LogP) is 2.66. The van der Waals surface area contributed by atoms with Gasteiger partial charge in [-0.2, -0.15) is 0 Å². The Morgan fingerprint density at radius 3 is 2.62 bits per heavy atom. The SMILES string of the molecule is CCN(c1ccc(NC(=O)c2ccccc2C)nc1)C1CCS(=O)(=O)C1. The molecular formula is C19H23N3O3S. The molecule has 1 unspecified atom stereocenters. The Morgan fingerprint density at radius 1 is 1.27 bits per heavy atom. The Balaban J connectivity index is 1.72. The summed E-state index contributed by atoms with van der Waals surface area (Å²) >= 11 is 0. The molecular weight excluding hydrogens is 350 g/mol. The maximum Gasteiger partial charge on any atom is 0.257 e. The highest BCUT2D eigenvalue weighted by atomic mass is 32.2. The van der Waals surface area contributed by atoms with E-state index in [1.807, 2.05) is 38.1 Å². The van der Waals surface area contributed by atoms with Crippen LogP contribution in [0.4, 0.5) is 11.5 Å². The number of aromatic nitrogens is 1. The van der Waals surface area contributed by atoms with Gasteiger partial charge in [-0.15, -0.1) is 0 Å². The zero-order valence-corrected chi connectivity index (χ0v) is 15.8. The number of anilines is 2. The summed E-state index contributed by atoms with van der Waals surface area (Å²) in [5, 5.41) is 2.80. The van der Waals surface area contributed by atoms with Crippen molar-refractivity contribution in [3.63, 3.8) is 0 Å². The van der Waals surface area contributed by atoms with Gasteiger partial charge in [0, 0.05) is 18.2 Å². The average molecular weight is 373 g/mol. The summed E-state index contributed by atoms with van der Waals surface area (Å²) in [7, 11) is -2.94. The molecule has 1 aromatic carbocycles. The zero-order chi connectivity index (χ0) is 18.7. The first-order valence-electron chi connectivity index (χ1n) is 8.69. The summed E-state index contributed by atoms with van der Waals surface area (Å²) in [5.41, 5.74) is 2.38. The van der Waals surface area contributed by atoms with Crippen LogP contribution in [-0.4, -0.2) is 43.4 Å². The smallest absolute Gasteiger partial charge is 0.257 e. The minimum atomic E-state index is -2.94. The number of nitrogens with zero attached hydrogens (tertiary/aromatic N) is 2. The maximum atomic E-state index is 12.4. The lowest BCUT2D eigenvalue weighted by Crippen LogP contribution is -2.36. The van der Waals surface area contributed by atoms with Crippen LogP contribution in [0.2, 0.25) is 0 Å². The number of hydrogen-bond acceptors (Lipinski definition) is 5. The van der Waals surface area contributed by atoms with Gasteiger partial charge in [0.15, 0.2) is 9.84 Å². The van der Waals surface area contributed by atoms with Gasteiger partial charge in [-0.05, 0) is 44.0 Å². The summed E-state index contributed by atoms with van der Waals surface area (Å²) in [6, 6.07) is 11.0. The number of rotatable bonds is 5. The zero-order valence-electron chi connectivity index (χ0n) is 15.0. The monoisotopic (exact) mass is 373 g/mol. The van der Waals surface area contributed by atoms with Crippen LogP contribution in [0, 0.1) is 6.92 Å². The van der Waals surface area contributed by atoms with Crippen LogP contribution in [-0.2, 0) is 9.84 Å². The number of sulfone groups is 1. The standard InChI is InChI=1S/C19H23N3O3S/c1-3-22(16-10-11-26(24,25)13-16)15-8-9-18(20-12-15)21-19(23)17-7-5-4-6-14(17)2/h4-9,12,16H,3,10-11,13H2,1-2H3,(H,20,21,23). The predicted molar refractivity (Wildman–Crippen MR) is 103 cm³/mol. The van der Waals surface area contributed by atoms with E-state index in [1.165, 1.54) is 0 Å². The Kier molecular flexibility index (Phi) is 5.27. The highest BCUT2D eigenvalue weighted by Crippen LogP contribution is 2.24. The maximum absolute atomic E-state index is 12.4. The topological polar surface area (TPSA) is 79.4 Å². The van der Waals surface area contributed by atoms with E-state index in [2.05, 4.69) is 15.2 Å². The molecule has 6 nitrogen and oxygen atoms in total. The third-order valence-electron chi connectivity index (χ3n) is 4.70. The molecule has 1 aromatic heterocycles. The van der Waals surface area contributed by atoms with Crippen LogP contribution in [0.15, 0.2) is 42.6 Å². The van der Waals surface area contributed by atoms with Crippen LogP contribution in [0.25, 0.3) is 0 Å². The van der Waals surface area contributed by atoms with Crippen molar-refractivity contribution in [3.8, 4) is 0 Å². The molecule has 1 aliphatic rings. The summed E-state index contributed by atoms with van der Waals surface area (Å²) < 4.78 is 23.5. The van der Waals surface area contributed by atoms with Gasteiger partial charge in [0.05, 0.1) is 23.4 Å². The van der Waals surface area contributed by atoms with Crippen LogP contribution in [0.1, 0.15) is 29.3 Å². The highest BCUT2D eigenvalue weighted by Gasteiger charge is 2.31. The van der Waals surface area contributed by atoms with Crippen molar-refractivity contribution in [2.24, 2.45) is 0 Å². The Hall–Kier alpha value is -2.41. The molecule has 138 valence electrons. The van der Waals surface area contributed by atoms with Gasteiger partial charge in [-0.3, -0.25) is 4.79 Å². The number of benzene rings is 1. The molecule has 0 spiro atoms. The van der Waals surface area contributed by atoms with E-state index in [9.17, 15) is 13.2 Å². The minimum absolute atomic E-state index is 0.0146. The third kappa shape index (κ3) is 4.04. The molecule has 26 heavy (non-hydrogen) atoms. The summed E-state index contributed by atoms with van der Waals surface area (Å²) in [6.45, 7) is 4.59. The van der Waals surface area contributed by atoms with E-state index in [-0.39, 0.29) is 23.5 Å². The normalized spacial score (nSPS) is 18.5. The first kappa shape index (κ1) is 18.4. The first-order chi connectivity index (χ1) is 12.4. The lowest BCUT2D eigenvalue weighted by atomic mass is 10.1. The van der Waals surface area contributed by atoms with Crippen molar-refractivity contribution < 1.29 is 13.2 Å². The number of nitrogens with one attached hydrogen (secondary N) is 1. The largest absolute Gasteiger partial charge is 0.367 e. The van der Waals surface area contributed by atoms with E-state index in [1.54, 1.807) is 18.3 Å². The molecule has 1 atom stereocenters. The quantitative estimate of drug-likeness (QED) is 0.872. The van der Waals surface area contributed by atoms with Crippen LogP contribution >= 0.6 is 0 Å². The number of pyridine rings is 1. The number of carbonyl (C=O) groups excluding carboxylic acids is 1. The molecule has 0 aliphatic carbocycles. The highest BCUT2D eigenvalue weighted by molar-refractivity contribution is 7.91. The molecule has 2 aromatic rings. The van der Waals surface area contributed by atoms with Crippen molar-refractivity contribution in [3.05, 3.63) is 53.7 Å². The fraction of sp³-hybridized carbons (Fsp3) is 0.368. The molecule has 0 radical (unpaired) electrons. The molecule has 1 saturated heterocycles. The second-order valence-electron chi connectivity index (χ2n) is 6.51. The second-order valence-corrected chi connectivity index (χ2v) is 8.74. The molecule has 1 fully saturated rings. The van der Waals surface area contributed by atoms with Gasteiger partial charge in [0.2, 0.25) is 0 Å². The van der Waals surface area contributed by atoms with Crippen molar-refractivity contribution in [2.75, 3.05) is 28.3 Å². The molecule has 1 N–H and O–H groups in total. The number of amides is 1. The fourth-order valence-electron chi connectivity index (χ4n) is 3.31. The van der Waals surface area contributed by atoms with Gasteiger partial charge in [-0.25, -0.2) is 13.4 Å². The lowest BCUT2D eigenvalue weighted by molar-refractivity contribution is 0.102.